The second-order valence-corrected chi connectivity index (χ2v) is 3.02. The van der Waals surface area contributed by atoms with Crippen LogP contribution < -0.4 is 5.73 Å². The Morgan fingerprint density at radius 2 is 2.07 bits per heavy atom. The van der Waals surface area contributed by atoms with E-state index in [4.69, 9.17) is 15.9 Å². The standard InChI is InChI=1S/C9H9F2NO3/c10-5-2-1-4(7(11)8(5)13)3-6(12)9(14)15/h1-2,6,13H,3,12H2,(H,14,15)/t6-/m0/s1. The third kappa shape index (κ3) is 2.41. The lowest BCUT2D eigenvalue weighted by Crippen LogP contribution is -2.32. The monoisotopic (exact) mass is 217 g/mol. The van der Waals surface area contributed by atoms with Gasteiger partial charge >= 0.3 is 5.97 Å². The third-order valence-electron chi connectivity index (χ3n) is 1.90. The number of rotatable bonds is 3. The number of aliphatic carboxylic acids is 1. The van der Waals surface area contributed by atoms with Crippen molar-refractivity contribution in [2.45, 2.75) is 12.5 Å². The number of hydrogen-bond donors (Lipinski definition) is 3. The summed E-state index contributed by atoms with van der Waals surface area (Å²) in [5.74, 6) is -4.69. The lowest BCUT2D eigenvalue weighted by atomic mass is 10.1. The minimum atomic E-state index is -1.29. The van der Waals surface area contributed by atoms with Crippen LogP contribution in [0.3, 0.4) is 0 Å². The minimum Gasteiger partial charge on any atom is -0.503 e. The van der Waals surface area contributed by atoms with Crippen LogP contribution in [0.25, 0.3) is 0 Å². The van der Waals surface area contributed by atoms with E-state index in [0.717, 1.165) is 12.1 Å². The molecule has 1 aromatic rings. The number of benzene rings is 1. The van der Waals surface area contributed by atoms with Crippen LogP contribution in [-0.4, -0.2) is 22.2 Å². The molecule has 15 heavy (non-hydrogen) atoms. The second kappa shape index (κ2) is 4.22. The van der Waals surface area contributed by atoms with Crippen LogP contribution in [0.4, 0.5) is 8.78 Å². The molecular formula is C9H9F2NO3. The van der Waals surface area contributed by atoms with Gasteiger partial charge in [-0.1, -0.05) is 6.07 Å². The van der Waals surface area contributed by atoms with E-state index in [1.165, 1.54) is 0 Å². The number of aromatic hydroxyl groups is 1. The zero-order chi connectivity index (χ0) is 11.6. The van der Waals surface area contributed by atoms with Crippen LogP contribution >= 0.6 is 0 Å². The molecule has 0 amide bonds. The first-order valence-corrected chi connectivity index (χ1v) is 4.07. The first-order chi connectivity index (χ1) is 6.93. The number of halogens is 2. The summed E-state index contributed by atoms with van der Waals surface area (Å²) in [6.45, 7) is 0. The van der Waals surface area contributed by atoms with Crippen molar-refractivity contribution < 1.29 is 23.8 Å². The quantitative estimate of drug-likeness (QED) is 0.693. The van der Waals surface area contributed by atoms with Crippen molar-refractivity contribution in [1.82, 2.24) is 0 Å². The van der Waals surface area contributed by atoms with Crippen LogP contribution in [0.2, 0.25) is 0 Å². The Bertz CT molecular complexity index is 395. The molecule has 82 valence electrons. The SMILES string of the molecule is N[C@@H](Cc1ccc(F)c(O)c1F)C(=O)O. The number of hydrogen-bond acceptors (Lipinski definition) is 3. The van der Waals surface area contributed by atoms with Gasteiger partial charge in [-0.3, -0.25) is 4.79 Å². The Kier molecular flexibility index (Phi) is 3.21. The summed E-state index contributed by atoms with van der Waals surface area (Å²) < 4.78 is 25.8. The van der Waals surface area contributed by atoms with Gasteiger partial charge in [-0.2, -0.15) is 0 Å². The first kappa shape index (κ1) is 11.4. The fraction of sp³-hybridized carbons (Fsp3) is 0.222. The first-order valence-electron chi connectivity index (χ1n) is 4.07. The molecule has 0 aliphatic carbocycles. The Hall–Kier alpha value is -1.69. The van der Waals surface area contributed by atoms with E-state index in [1.807, 2.05) is 0 Å². The smallest absolute Gasteiger partial charge is 0.320 e. The summed E-state index contributed by atoms with van der Waals surface area (Å²) in [6, 6.07) is 0.611. The predicted octanol–water partition coefficient (Wildman–Crippen LogP) is 0.625. The van der Waals surface area contributed by atoms with Crippen molar-refractivity contribution in [1.29, 1.82) is 0 Å². The molecule has 1 rings (SSSR count). The number of phenols is 1. The molecule has 0 aliphatic rings. The van der Waals surface area contributed by atoms with Gasteiger partial charge in [-0.05, 0) is 11.6 Å². The minimum absolute atomic E-state index is 0.135. The van der Waals surface area contributed by atoms with Crippen LogP contribution in [-0.2, 0) is 11.2 Å². The molecule has 0 heterocycles. The highest BCUT2D eigenvalue weighted by Gasteiger charge is 2.18. The molecule has 0 spiro atoms. The summed E-state index contributed by atoms with van der Waals surface area (Å²) in [7, 11) is 0. The van der Waals surface area contributed by atoms with Gasteiger partial charge in [0.25, 0.3) is 0 Å². The Balaban J connectivity index is 2.97. The van der Waals surface area contributed by atoms with Gasteiger partial charge < -0.3 is 15.9 Å². The average Bonchev–Trinajstić information content (AvgIpc) is 2.18. The number of carbonyl (C=O) groups is 1. The van der Waals surface area contributed by atoms with Crippen LogP contribution in [0.1, 0.15) is 5.56 Å². The lowest BCUT2D eigenvalue weighted by Gasteiger charge is -2.08. The highest BCUT2D eigenvalue weighted by molar-refractivity contribution is 5.73. The molecule has 0 saturated carbocycles. The van der Waals surface area contributed by atoms with Gasteiger partial charge in [0.05, 0.1) is 0 Å². The molecule has 0 saturated heterocycles. The van der Waals surface area contributed by atoms with Gasteiger partial charge in [0, 0.05) is 6.42 Å². The van der Waals surface area contributed by atoms with E-state index in [2.05, 4.69) is 0 Å². The fourth-order valence-corrected chi connectivity index (χ4v) is 1.06. The Morgan fingerprint density at radius 1 is 1.47 bits per heavy atom. The third-order valence-corrected chi connectivity index (χ3v) is 1.90. The van der Waals surface area contributed by atoms with Crippen molar-refractivity contribution >= 4 is 5.97 Å². The highest BCUT2D eigenvalue weighted by Crippen LogP contribution is 2.23. The zero-order valence-electron chi connectivity index (χ0n) is 7.58. The number of nitrogens with two attached hydrogens (primary N) is 1. The van der Waals surface area contributed by atoms with Crippen LogP contribution in [0, 0.1) is 11.6 Å². The van der Waals surface area contributed by atoms with Crippen molar-refractivity contribution in [3.8, 4) is 5.75 Å². The predicted molar refractivity (Wildman–Crippen MR) is 47.3 cm³/mol. The summed E-state index contributed by atoms with van der Waals surface area (Å²) >= 11 is 0. The van der Waals surface area contributed by atoms with E-state index >= 15 is 0 Å². The fourth-order valence-electron chi connectivity index (χ4n) is 1.06. The molecule has 4 nitrogen and oxygen atoms in total. The number of carboxylic acid groups (broad SMARTS) is 1. The van der Waals surface area contributed by atoms with Crippen molar-refractivity contribution in [2.75, 3.05) is 0 Å². The topological polar surface area (TPSA) is 83.5 Å². The lowest BCUT2D eigenvalue weighted by molar-refractivity contribution is -0.138. The summed E-state index contributed by atoms with van der Waals surface area (Å²) in [6.07, 6.45) is -0.311. The van der Waals surface area contributed by atoms with Crippen LogP contribution in [0.15, 0.2) is 12.1 Å². The molecule has 4 N–H and O–H groups in total. The van der Waals surface area contributed by atoms with Crippen molar-refractivity contribution in [3.63, 3.8) is 0 Å². The maximum atomic E-state index is 13.1. The van der Waals surface area contributed by atoms with E-state index in [0.29, 0.717) is 0 Å². The maximum absolute atomic E-state index is 13.1. The molecule has 0 unspecified atom stereocenters. The molecule has 0 bridgehead atoms. The van der Waals surface area contributed by atoms with E-state index < -0.39 is 29.4 Å². The molecule has 1 atom stereocenters. The Labute approximate surface area is 83.9 Å². The van der Waals surface area contributed by atoms with E-state index in [-0.39, 0.29) is 12.0 Å². The molecule has 1 aromatic carbocycles. The summed E-state index contributed by atoms with van der Waals surface area (Å²) in [5, 5.41) is 17.4. The summed E-state index contributed by atoms with van der Waals surface area (Å²) in [4.78, 5) is 10.4. The average molecular weight is 217 g/mol. The molecule has 0 radical (unpaired) electrons. The molecule has 0 aliphatic heterocycles. The van der Waals surface area contributed by atoms with Gasteiger partial charge in [0.15, 0.2) is 17.4 Å². The molecule has 0 aromatic heterocycles. The molecule has 0 fully saturated rings. The van der Waals surface area contributed by atoms with Gasteiger partial charge in [-0.25, -0.2) is 8.78 Å². The molecule has 6 heteroatoms. The maximum Gasteiger partial charge on any atom is 0.320 e. The van der Waals surface area contributed by atoms with Crippen molar-refractivity contribution in [2.24, 2.45) is 5.73 Å². The van der Waals surface area contributed by atoms with Crippen LogP contribution in [0.5, 0.6) is 5.75 Å². The zero-order valence-corrected chi connectivity index (χ0v) is 7.58. The normalized spacial score (nSPS) is 12.5. The summed E-state index contributed by atoms with van der Waals surface area (Å²) in [5.41, 5.74) is 5.03. The second-order valence-electron chi connectivity index (χ2n) is 3.02. The van der Waals surface area contributed by atoms with E-state index in [9.17, 15) is 13.6 Å². The van der Waals surface area contributed by atoms with Gasteiger partial charge in [0.1, 0.15) is 6.04 Å². The van der Waals surface area contributed by atoms with Crippen molar-refractivity contribution in [3.05, 3.63) is 29.3 Å². The molecular weight excluding hydrogens is 208 g/mol. The Morgan fingerprint density at radius 3 is 2.60 bits per heavy atom. The van der Waals surface area contributed by atoms with Gasteiger partial charge in [-0.15, -0.1) is 0 Å². The number of phenolic OH excluding ortho intramolecular Hbond substituents is 1. The largest absolute Gasteiger partial charge is 0.503 e. The van der Waals surface area contributed by atoms with E-state index in [1.54, 1.807) is 0 Å². The highest BCUT2D eigenvalue weighted by atomic mass is 19.1. The number of carboxylic acids is 1. The van der Waals surface area contributed by atoms with Gasteiger partial charge in [0.2, 0.25) is 0 Å².